The minimum atomic E-state index is 0.917. The summed E-state index contributed by atoms with van der Waals surface area (Å²) in [5.41, 5.74) is 1.15. The maximum Gasteiger partial charge on any atom is 0.137 e. The second kappa shape index (κ2) is 3.95. The molecule has 2 nitrogen and oxygen atoms in total. The van der Waals surface area contributed by atoms with E-state index in [1.54, 1.807) is 6.20 Å². The molecule has 0 saturated heterocycles. The average molecular weight is 244 g/mol. The quantitative estimate of drug-likeness (QED) is 0.494. The molecule has 0 bridgehead atoms. The highest BCUT2D eigenvalue weighted by Crippen LogP contribution is 2.29. The fourth-order valence-corrected chi connectivity index (χ4v) is 2.59. The van der Waals surface area contributed by atoms with Crippen molar-refractivity contribution in [2.75, 3.05) is 0 Å². The minimum Gasteiger partial charge on any atom is -0.345 e. The van der Waals surface area contributed by atoms with Crippen LogP contribution in [0.25, 0.3) is 32.9 Å². The number of aromatic amines is 1. The third-order valence-electron chi connectivity index (χ3n) is 3.50. The Labute approximate surface area is 110 Å². The lowest BCUT2D eigenvalue weighted by Crippen LogP contribution is -1.84. The number of nitrogens with zero attached hydrogens (tertiary/aromatic N) is 1. The summed E-state index contributed by atoms with van der Waals surface area (Å²) >= 11 is 0. The molecular formula is C17H12N2. The van der Waals surface area contributed by atoms with Crippen molar-refractivity contribution in [3.05, 3.63) is 67.0 Å². The molecule has 0 atom stereocenters. The van der Waals surface area contributed by atoms with Crippen molar-refractivity contribution in [2.24, 2.45) is 0 Å². The molecule has 19 heavy (non-hydrogen) atoms. The Kier molecular flexibility index (Phi) is 2.15. The first-order chi connectivity index (χ1) is 9.42. The van der Waals surface area contributed by atoms with Gasteiger partial charge in [-0.3, -0.25) is 0 Å². The number of hydrogen-bond acceptors (Lipinski definition) is 1. The van der Waals surface area contributed by atoms with Crippen molar-refractivity contribution in [2.45, 2.75) is 0 Å². The molecule has 4 rings (SSSR count). The van der Waals surface area contributed by atoms with E-state index in [1.807, 2.05) is 6.20 Å². The summed E-state index contributed by atoms with van der Waals surface area (Å²) in [6.45, 7) is 0. The van der Waals surface area contributed by atoms with Gasteiger partial charge in [0.05, 0.1) is 0 Å². The van der Waals surface area contributed by atoms with E-state index in [0.717, 1.165) is 11.4 Å². The summed E-state index contributed by atoms with van der Waals surface area (Å²) < 4.78 is 0. The number of benzene rings is 3. The van der Waals surface area contributed by atoms with Crippen molar-refractivity contribution in [3.8, 4) is 11.4 Å². The van der Waals surface area contributed by atoms with Gasteiger partial charge < -0.3 is 4.98 Å². The van der Waals surface area contributed by atoms with Crippen LogP contribution in [0.2, 0.25) is 0 Å². The lowest BCUT2D eigenvalue weighted by molar-refractivity contribution is 1.32. The Morgan fingerprint density at radius 3 is 2.37 bits per heavy atom. The summed E-state index contributed by atoms with van der Waals surface area (Å²) in [6, 6.07) is 19.2. The van der Waals surface area contributed by atoms with E-state index in [0.29, 0.717) is 0 Å². The van der Waals surface area contributed by atoms with Crippen molar-refractivity contribution < 1.29 is 0 Å². The van der Waals surface area contributed by atoms with Crippen LogP contribution in [-0.4, -0.2) is 9.97 Å². The normalized spacial score (nSPS) is 11.2. The molecule has 0 aliphatic carbocycles. The Bertz CT molecular complexity index is 861. The van der Waals surface area contributed by atoms with Gasteiger partial charge in [-0.05, 0) is 33.7 Å². The molecule has 1 aromatic heterocycles. The fourth-order valence-electron chi connectivity index (χ4n) is 2.59. The van der Waals surface area contributed by atoms with Crippen LogP contribution in [0, 0.1) is 0 Å². The summed E-state index contributed by atoms with van der Waals surface area (Å²) in [7, 11) is 0. The second-order valence-electron chi connectivity index (χ2n) is 4.66. The molecule has 4 aromatic rings. The smallest absolute Gasteiger partial charge is 0.137 e. The Hall–Kier alpha value is -2.61. The van der Waals surface area contributed by atoms with Crippen molar-refractivity contribution in [1.29, 1.82) is 0 Å². The molecule has 0 spiro atoms. The number of imidazole rings is 1. The zero-order valence-electron chi connectivity index (χ0n) is 10.3. The first kappa shape index (κ1) is 10.3. The van der Waals surface area contributed by atoms with Gasteiger partial charge in [0.15, 0.2) is 0 Å². The van der Waals surface area contributed by atoms with Crippen molar-refractivity contribution in [3.63, 3.8) is 0 Å². The van der Waals surface area contributed by atoms with E-state index in [2.05, 4.69) is 64.6 Å². The summed E-state index contributed by atoms with van der Waals surface area (Å²) in [4.78, 5) is 7.54. The van der Waals surface area contributed by atoms with Crippen molar-refractivity contribution in [1.82, 2.24) is 9.97 Å². The van der Waals surface area contributed by atoms with E-state index >= 15 is 0 Å². The maximum atomic E-state index is 4.36. The van der Waals surface area contributed by atoms with Gasteiger partial charge in [-0.15, -0.1) is 0 Å². The highest BCUT2D eigenvalue weighted by atomic mass is 14.9. The van der Waals surface area contributed by atoms with E-state index in [9.17, 15) is 0 Å². The fraction of sp³-hybridized carbons (Fsp3) is 0. The van der Waals surface area contributed by atoms with E-state index in [4.69, 9.17) is 0 Å². The molecule has 0 amide bonds. The number of nitrogens with one attached hydrogen (secondary N) is 1. The predicted molar refractivity (Wildman–Crippen MR) is 79.0 cm³/mol. The molecule has 1 heterocycles. The predicted octanol–water partition coefficient (Wildman–Crippen LogP) is 4.38. The van der Waals surface area contributed by atoms with Gasteiger partial charge in [-0.1, -0.05) is 42.5 Å². The number of hydrogen-bond donors (Lipinski definition) is 1. The molecule has 0 radical (unpaired) electrons. The summed E-state index contributed by atoms with van der Waals surface area (Å²) in [5, 5.41) is 5.00. The zero-order chi connectivity index (χ0) is 12.7. The van der Waals surface area contributed by atoms with Crippen LogP contribution in [0.5, 0.6) is 0 Å². The lowest BCUT2D eigenvalue weighted by Gasteiger charge is -2.06. The second-order valence-corrected chi connectivity index (χ2v) is 4.66. The molecular weight excluding hydrogens is 232 g/mol. The Morgan fingerprint density at radius 1 is 0.789 bits per heavy atom. The summed E-state index contributed by atoms with van der Waals surface area (Å²) in [5.74, 6) is 0.917. The van der Waals surface area contributed by atoms with Crippen molar-refractivity contribution >= 4 is 21.5 Å². The number of aromatic nitrogens is 2. The van der Waals surface area contributed by atoms with Crippen LogP contribution in [0.4, 0.5) is 0 Å². The highest BCUT2D eigenvalue weighted by Gasteiger charge is 2.06. The van der Waals surface area contributed by atoms with Gasteiger partial charge in [0.2, 0.25) is 0 Å². The lowest BCUT2D eigenvalue weighted by atomic mass is 9.99. The minimum absolute atomic E-state index is 0.917. The topological polar surface area (TPSA) is 28.7 Å². The SMILES string of the molecule is c1ccc2cc3c(-c4ncc[nH]4)cccc3cc2c1. The van der Waals surface area contributed by atoms with E-state index in [-0.39, 0.29) is 0 Å². The molecule has 3 aromatic carbocycles. The first-order valence-corrected chi connectivity index (χ1v) is 6.33. The summed E-state index contributed by atoms with van der Waals surface area (Å²) in [6.07, 6.45) is 3.64. The van der Waals surface area contributed by atoms with Crippen LogP contribution in [0.3, 0.4) is 0 Å². The van der Waals surface area contributed by atoms with Gasteiger partial charge >= 0.3 is 0 Å². The molecule has 2 heteroatoms. The monoisotopic (exact) mass is 244 g/mol. The van der Waals surface area contributed by atoms with Gasteiger partial charge in [-0.25, -0.2) is 4.98 Å². The van der Waals surface area contributed by atoms with Crippen LogP contribution >= 0.6 is 0 Å². The number of fused-ring (bicyclic) bond motifs is 2. The molecule has 0 fully saturated rings. The average Bonchev–Trinajstić information content (AvgIpc) is 2.98. The molecule has 0 saturated carbocycles. The van der Waals surface area contributed by atoms with Gasteiger partial charge in [0.25, 0.3) is 0 Å². The third-order valence-corrected chi connectivity index (χ3v) is 3.50. The zero-order valence-corrected chi connectivity index (χ0v) is 10.3. The maximum absolute atomic E-state index is 4.36. The van der Waals surface area contributed by atoms with Gasteiger partial charge in [-0.2, -0.15) is 0 Å². The van der Waals surface area contributed by atoms with Crippen LogP contribution < -0.4 is 0 Å². The van der Waals surface area contributed by atoms with Crippen LogP contribution in [-0.2, 0) is 0 Å². The first-order valence-electron chi connectivity index (χ1n) is 6.33. The molecule has 0 unspecified atom stereocenters. The van der Waals surface area contributed by atoms with Gasteiger partial charge in [0.1, 0.15) is 5.82 Å². The molecule has 1 N–H and O–H groups in total. The van der Waals surface area contributed by atoms with E-state index < -0.39 is 0 Å². The number of rotatable bonds is 1. The highest BCUT2D eigenvalue weighted by molar-refractivity contribution is 6.04. The Balaban J connectivity index is 2.12. The van der Waals surface area contributed by atoms with E-state index in [1.165, 1.54) is 21.5 Å². The third kappa shape index (κ3) is 1.61. The molecule has 0 aliphatic heterocycles. The Morgan fingerprint density at radius 2 is 1.58 bits per heavy atom. The van der Waals surface area contributed by atoms with Crippen LogP contribution in [0.1, 0.15) is 0 Å². The van der Waals surface area contributed by atoms with Crippen LogP contribution in [0.15, 0.2) is 67.0 Å². The number of H-pyrrole nitrogens is 1. The standard InChI is InChI=1S/C17H12N2/c1-2-5-13-11-16-14(10-12(13)4-1)6-3-7-15(16)17-18-8-9-19-17/h1-11H,(H,18,19). The molecule has 0 aliphatic rings. The molecule has 90 valence electrons. The largest absolute Gasteiger partial charge is 0.345 e. The van der Waals surface area contributed by atoms with Gasteiger partial charge in [0, 0.05) is 18.0 Å².